The summed E-state index contributed by atoms with van der Waals surface area (Å²) in [6.07, 6.45) is 0. The van der Waals surface area contributed by atoms with Gasteiger partial charge in [-0.3, -0.25) is 0 Å². The molecule has 9 rings (SSSR count). The molecule has 2 heterocycles. The Hall–Kier alpha value is -5.86. The molecule has 2 aromatic heterocycles. The lowest BCUT2D eigenvalue weighted by Crippen LogP contribution is -1.99. The topological polar surface area (TPSA) is 18.1 Å². The first-order chi connectivity index (χ1) is 21.8. The average molecular weight is 562 g/mol. The molecule has 0 aliphatic carbocycles. The van der Waals surface area contributed by atoms with Gasteiger partial charge < -0.3 is 8.98 Å². The van der Waals surface area contributed by atoms with Gasteiger partial charge in [0.2, 0.25) is 0 Å². The fraction of sp³-hybridized carbons (Fsp3) is 0. The van der Waals surface area contributed by atoms with Crippen molar-refractivity contribution in [3.63, 3.8) is 0 Å². The molecule has 0 aliphatic heterocycles. The van der Waals surface area contributed by atoms with Crippen LogP contribution in [0, 0.1) is 0 Å². The van der Waals surface area contributed by atoms with Crippen molar-refractivity contribution in [1.29, 1.82) is 0 Å². The molecule has 0 saturated carbocycles. The van der Waals surface area contributed by atoms with Gasteiger partial charge >= 0.3 is 0 Å². The molecular weight excluding hydrogens is 534 g/mol. The number of fused-ring (bicyclic) bond motifs is 6. The number of benzene rings is 7. The third-order valence-corrected chi connectivity index (χ3v) is 8.83. The number of furan rings is 1. The zero-order chi connectivity index (χ0) is 29.0. The maximum Gasteiger partial charge on any atom is 0.135 e. The van der Waals surface area contributed by atoms with E-state index in [0.717, 1.165) is 33.2 Å². The van der Waals surface area contributed by atoms with Gasteiger partial charge in [0.1, 0.15) is 11.2 Å². The number of aromatic nitrogens is 1. The highest BCUT2D eigenvalue weighted by Gasteiger charge is 2.20. The lowest BCUT2D eigenvalue weighted by molar-refractivity contribution is 0.669. The van der Waals surface area contributed by atoms with Gasteiger partial charge in [-0.25, -0.2) is 0 Å². The van der Waals surface area contributed by atoms with E-state index >= 15 is 0 Å². The normalized spacial score (nSPS) is 11.6. The Morgan fingerprint density at radius 2 is 0.955 bits per heavy atom. The van der Waals surface area contributed by atoms with Crippen molar-refractivity contribution in [1.82, 2.24) is 4.57 Å². The van der Waals surface area contributed by atoms with E-state index in [2.05, 4.69) is 156 Å². The van der Waals surface area contributed by atoms with E-state index in [0.29, 0.717) is 0 Å². The van der Waals surface area contributed by atoms with Crippen molar-refractivity contribution in [2.45, 2.75) is 0 Å². The molecule has 9 aromatic rings. The van der Waals surface area contributed by atoms with Crippen molar-refractivity contribution in [2.75, 3.05) is 0 Å². The quantitative estimate of drug-likeness (QED) is 0.209. The molecule has 7 aromatic carbocycles. The summed E-state index contributed by atoms with van der Waals surface area (Å²) in [6, 6.07) is 58.6. The van der Waals surface area contributed by atoms with Crippen LogP contribution in [0.25, 0.3) is 82.8 Å². The summed E-state index contributed by atoms with van der Waals surface area (Å²) in [5.74, 6) is 0. The minimum absolute atomic E-state index is 0.902. The van der Waals surface area contributed by atoms with Crippen LogP contribution in [0.3, 0.4) is 0 Å². The second kappa shape index (κ2) is 9.86. The van der Waals surface area contributed by atoms with Gasteiger partial charge in [-0.2, -0.15) is 0 Å². The number of hydrogen-bond donors (Lipinski definition) is 0. The summed E-state index contributed by atoms with van der Waals surface area (Å²) >= 11 is 0. The van der Waals surface area contributed by atoms with Crippen LogP contribution in [0.5, 0.6) is 0 Å². The van der Waals surface area contributed by atoms with Crippen molar-refractivity contribution in [3.05, 3.63) is 164 Å². The SMILES string of the molecule is c1ccc(-c2cccc(-c3ccccc3-n3c4ccccc4c4ccccc43)c2-c2ccc3oc4ccccc4c3c2)cc1. The fourth-order valence-corrected chi connectivity index (χ4v) is 6.91. The van der Waals surface area contributed by atoms with Crippen molar-refractivity contribution in [3.8, 4) is 39.1 Å². The molecule has 44 heavy (non-hydrogen) atoms. The minimum atomic E-state index is 0.902. The third-order valence-electron chi connectivity index (χ3n) is 8.83. The van der Waals surface area contributed by atoms with E-state index in [1.807, 2.05) is 12.1 Å². The van der Waals surface area contributed by atoms with Gasteiger partial charge in [0, 0.05) is 27.1 Å². The molecule has 0 amide bonds. The summed E-state index contributed by atoms with van der Waals surface area (Å²) in [5, 5.41) is 4.78. The Morgan fingerprint density at radius 3 is 1.75 bits per heavy atom. The first kappa shape index (κ1) is 24.7. The highest BCUT2D eigenvalue weighted by Crippen LogP contribution is 2.44. The van der Waals surface area contributed by atoms with Crippen LogP contribution in [-0.4, -0.2) is 4.57 Å². The third kappa shape index (κ3) is 3.75. The Balaban J connectivity index is 1.37. The largest absolute Gasteiger partial charge is 0.456 e. The lowest BCUT2D eigenvalue weighted by atomic mass is 9.86. The van der Waals surface area contributed by atoms with Crippen molar-refractivity contribution in [2.24, 2.45) is 0 Å². The summed E-state index contributed by atoms with van der Waals surface area (Å²) in [4.78, 5) is 0. The van der Waals surface area contributed by atoms with Crippen LogP contribution in [0.4, 0.5) is 0 Å². The van der Waals surface area contributed by atoms with E-state index in [1.165, 1.54) is 49.6 Å². The molecule has 2 nitrogen and oxygen atoms in total. The smallest absolute Gasteiger partial charge is 0.135 e. The second-order valence-corrected chi connectivity index (χ2v) is 11.3. The molecule has 0 saturated heterocycles. The number of para-hydroxylation sites is 4. The second-order valence-electron chi connectivity index (χ2n) is 11.3. The van der Waals surface area contributed by atoms with Gasteiger partial charge in [-0.1, -0.05) is 127 Å². The predicted molar refractivity (Wildman–Crippen MR) is 184 cm³/mol. The predicted octanol–water partition coefficient (Wildman–Crippen LogP) is 11.7. The Kier molecular flexibility index (Phi) is 5.54. The van der Waals surface area contributed by atoms with Crippen LogP contribution < -0.4 is 0 Å². The van der Waals surface area contributed by atoms with Crippen LogP contribution >= 0.6 is 0 Å². The summed E-state index contributed by atoms with van der Waals surface area (Å²) in [7, 11) is 0. The molecule has 0 radical (unpaired) electrons. The maximum absolute atomic E-state index is 6.22. The lowest BCUT2D eigenvalue weighted by Gasteiger charge is -2.20. The zero-order valence-electron chi connectivity index (χ0n) is 23.9. The van der Waals surface area contributed by atoms with Gasteiger partial charge in [0.25, 0.3) is 0 Å². The molecular formula is C42H27NO. The van der Waals surface area contributed by atoms with Crippen LogP contribution in [-0.2, 0) is 0 Å². The number of nitrogens with zero attached hydrogens (tertiary/aromatic N) is 1. The highest BCUT2D eigenvalue weighted by atomic mass is 16.3. The summed E-state index contributed by atoms with van der Waals surface area (Å²) in [5.41, 5.74) is 12.5. The molecule has 0 aliphatic rings. The van der Waals surface area contributed by atoms with E-state index in [9.17, 15) is 0 Å². The first-order valence-corrected chi connectivity index (χ1v) is 15.0. The van der Waals surface area contributed by atoms with Gasteiger partial charge in [-0.15, -0.1) is 0 Å². The summed E-state index contributed by atoms with van der Waals surface area (Å²) in [6.45, 7) is 0. The molecule has 0 bridgehead atoms. The number of hydrogen-bond acceptors (Lipinski definition) is 1. The van der Waals surface area contributed by atoms with E-state index in [1.54, 1.807) is 0 Å². The monoisotopic (exact) mass is 561 g/mol. The molecule has 0 fully saturated rings. The molecule has 2 heteroatoms. The van der Waals surface area contributed by atoms with E-state index in [-0.39, 0.29) is 0 Å². The van der Waals surface area contributed by atoms with Gasteiger partial charge in [0.05, 0.1) is 16.7 Å². The first-order valence-electron chi connectivity index (χ1n) is 15.0. The number of rotatable bonds is 4. The standard InChI is InChI=1S/C42H27NO/c1-2-13-28(14-3-1)30-19-12-20-35(42(30)29-25-26-41-36(27-29)34-18-7-11-24-40(34)44-41)33-17-6-10-23-39(33)43-37-21-8-4-15-31(37)32-16-5-9-22-38(32)43/h1-27H. The zero-order valence-corrected chi connectivity index (χ0v) is 23.9. The molecule has 0 atom stereocenters. The van der Waals surface area contributed by atoms with E-state index in [4.69, 9.17) is 4.42 Å². The Labute approximate surface area is 255 Å². The van der Waals surface area contributed by atoms with Gasteiger partial charge in [0.15, 0.2) is 0 Å². The van der Waals surface area contributed by atoms with Crippen molar-refractivity contribution >= 4 is 43.7 Å². The highest BCUT2D eigenvalue weighted by molar-refractivity contribution is 6.11. The van der Waals surface area contributed by atoms with Gasteiger partial charge in [-0.05, 0) is 64.2 Å². The maximum atomic E-state index is 6.22. The van der Waals surface area contributed by atoms with Crippen LogP contribution in [0.15, 0.2) is 168 Å². The van der Waals surface area contributed by atoms with Crippen LogP contribution in [0.1, 0.15) is 0 Å². The molecule has 0 unspecified atom stereocenters. The van der Waals surface area contributed by atoms with E-state index < -0.39 is 0 Å². The Bertz CT molecular complexity index is 2440. The Morgan fingerprint density at radius 1 is 0.364 bits per heavy atom. The fourth-order valence-electron chi connectivity index (χ4n) is 6.91. The average Bonchev–Trinajstić information content (AvgIpc) is 3.64. The molecule has 0 N–H and O–H groups in total. The summed E-state index contributed by atoms with van der Waals surface area (Å²) < 4.78 is 8.64. The van der Waals surface area contributed by atoms with Crippen LogP contribution in [0.2, 0.25) is 0 Å². The minimum Gasteiger partial charge on any atom is -0.456 e. The molecule has 0 spiro atoms. The van der Waals surface area contributed by atoms with Crippen molar-refractivity contribution < 1.29 is 4.42 Å². The molecule has 206 valence electrons.